The molecule has 11 heavy (non-hydrogen) atoms. The van der Waals surface area contributed by atoms with E-state index >= 15 is 0 Å². The van der Waals surface area contributed by atoms with Gasteiger partial charge in [0.25, 0.3) is 0 Å². The number of piperidine rings is 1. The summed E-state index contributed by atoms with van der Waals surface area (Å²) in [6, 6.07) is 0.701. The Morgan fingerprint density at radius 1 is 1.45 bits per heavy atom. The van der Waals surface area contributed by atoms with Gasteiger partial charge >= 0.3 is 0 Å². The third-order valence-corrected chi connectivity index (χ3v) is 2.54. The maximum absolute atomic E-state index is 5.15. The van der Waals surface area contributed by atoms with Gasteiger partial charge < -0.3 is 4.74 Å². The SMILES string of the molecule is C=C1CCCN(C2COC2)C1. The lowest BCUT2D eigenvalue weighted by atomic mass is 10.0. The fraction of sp³-hybridized carbons (Fsp3) is 0.778. The minimum Gasteiger partial charge on any atom is -0.378 e. The molecule has 2 heterocycles. The van der Waals surface area contributed by atoms with Crippen LogP contribution in [0.4, 0.5) is 0 Å². The van der Waals surface area contributed by atoms with Gasteiger partial charge in [-0.1, -0.05) is 12.2 Å². The van der Waals surface area contributed by atoms with Gasteiger partial charge in [0.2, 0.25) is 0 Å². The average Bonchev–Trinajstić information content (AvgIpc) is 1.83. The highest BCUT2D eigenvalue weighted by atomic mass is 16.5. The molecule has 0 aromatic heterocycles. The number of hydrogen-bond donors (Lipinski definition) is 0. The van der Waals surface area contributed by atoms with Crippen LogP contribution in [0, 0.1) is 0 Å². The summed E-state index contributed by atoms with van der Waals surface area (Å²) < 4.78 is 5.15. The molecule has 2 nitrogen and oxygen atoms in total. The lowest BCUT2D eigenvalue weighted by molar-refractivity contribution is -0.0649. The second-order valence-corrected chi connectivity index (χ2v) is 3.52. The Hall–Kier alpha value is -0.340. The summed E-state index contributed by atoms with van der Waals surface area (Å²) in [6.45, 7) is 8.25. The zero-order chi connectivity index (χ0) is 7.68. The van der Waals surface area contributed by atoms with Crippen molar-refractivity contribution in [3.63, 3.8) is 0 Å². The highest BCUT2D eigenvalue weighted by molar-refractivity contribution is 5.02. The van der Waals surface area contributed by atoms with E-state index in [1.807, 2.05) is 0 Å². The molecule has 0 aromatic rings. The van der Waals surface area contributed by atoms with Crippen LogP contribution in [0.1, 0.15) is 12.8 Å². The topological polar surface area (TPSA) is 12.5 Å². The molecular weight excluding hydrogens is 138 g/mol. The summed E-state index contributed by atoms with van der Waals surface area (Å²) in [5.41, 5.74) is 1.39. The molecule has 2 aliphatic rings. The van der Waals surface area contributed by atoms with Crippen molar-refractivity contribution in [2.45, 2.75) is 18.9 Å². The molecular formula is C9H15NO. The maximum Gasteiger partial charge on any atom is 0.0645 e. The van der Waals surface area contributed by atoms with Crippen LogP contribution in [0.3, 0.4) is 0 Å². The summed E-state index contributed by atoms with van der Waals surface area (Å²) in [6.07, 6.45) is 2.51. The van der Waals surface area contributed by atoms with E-state index in [0.717, 1.165) is 19.8 Å². The summed E-state index contributed by atoms with van der Waals surface area (Å²) >= 11 is 0. The van der Waals surface area contributed by atoms with E-state index in [-0.39, 0.29) is 0 Å². The molecule has 2 saturated heterocycles. The van der Waals surface area contributed by atoms with Crippen molar-refractivity contribution in [3.05, 3.63) is 12.2 Å². The summed E-state index contributed by atoms with van der Waals surface area (Å²) in [4.78, 5) is 2.50. The van der Waals surface area contributed by atoms with Gasteiger partial charge in [0, 0.05) is 6.54 Å². The molecule has 0 amide bonds. The molecule has 0 aliphatic carbocycles. The number of hydrogen-bond acceptors (Lipinski definition) is 2. The first-order valence-corrected chi connectivity index (χ1v) is 4.35. The Bertz CT molecular complexity index is 163. The van der Waals surface area contributed by atoms with Crippen molar-refractivity contribution >= 4 is 0 Å². The molecule has 0 N–H and O–H groups in total. The first-order chi connectivity index (χ1) is 5.36. The average molecular weight is 153 g/mol. The number of likely N-dealkylation sites (tertiary alicyclic amines) is 1. The molecule has 0 bridgehead atoms. The second kappa shape index (κ2) is 2.95. The van der Waals surface area contributed by atoms with Crippen LogP contribution in [0.5, 0.6) is 0 Å². The first-order valence-electron chi connectivity index (χ1n) is 4.35. The first kappa shape index (κ1) is 7.32. The van der Waals surface area contributed by atoms with Crippen molar-refractivity contribution in [1.82, 2.24) is 4.90 Å². The standard InChI is InChI=1S/C9H15NO/c1-8-3-2-4-10(5-8)9-6-11-7-9/h9H,1-7H2. The normalized spacial score (nSPS) is 28.5. The molecule has 2 fully saturated rings. The number of ether oxygens (including phenoxy) is 1. The minimum atomic E-state index is 0.701. The predicted octanol–water partition coefficient (Wildman–Crippen LogP) is 1.04. The van der Waals surface area contributed by atoms with E-state index in [1.165, 1.54) is 25.0 Å². The molecule has 0 atom stereocenters. The van der Waals surface area contributed by atoms with E-state index in [9.17, 15) is 0 Å². The number of nitrogens with zero attached hydrogens (tertiary/aromatic N) is 1. The van der Waals surface area contributed by atoms with Crippen LogP contribution >= 0.6 is 0 Å². The Kier molecular flexibility index (Phi) is 1.96. The lowest BCUT2D eigenvalue weighted by Gasteiger charge is -2.39. The Labute approximate surface area is 67.8 Å². The summed E-state index contributed by atoms with van der Waals surface area (Å²) in [7, 11) is 0. The van der Waals surface area contributed by atoms with Crippen LogP contribution < -0.4 is 0 Å². The highest BCUT2D eigenvalue weighted by Gasteiger charge is 2.27. The molecule has 2 aliphatic heterocycles. The third-order valence-electron chi connectivity index (χ3n) is 2.54. The van der Waals surface area contributed by atoms with Crippen molar-refractivity contribution in [3.8, 4) is 0 Å². The van der Waals surface area contributed by atoms with Gasteiger partial charge in [-0.25, -0.2) is 0 Å². The zero-order valence-corrected chi connectivity index (χ0v) is 6.88. The van der Waals surface area contributed by atoms with Gasteiger partial charge in [-0.05, 0) is 19.4 Å². The van der Waals surface area contributed by atoms with E-state index in [0.29, 0.717) is 6.04 Å². The van der Waals surface area contributed by atoms with Crippen LogP contribution in [0.25, 0.3) is 0 Å². The van der Waals surface area contributed by atoms with E-state index < -0.39 is 0 Å². The van der Waals surface area contributed by atoms with Gasteiger partial charge in [0.1, 0.15) is 0 Å². The highest BCUT2D eigenvalue weighted by Crippen LogP contribution is 2.19. The quantitative estimate of drug-likeness (QED) is 0.522. The van der Waals surface area contributed by atoms with Gasteiger partial charge in [-0.2, -0.15) is 0 Å². The fourth-order valence-corrected chi connectivity index (χ4v) is 1.72. The van der Waals surface area contributed by atoms with E-state index in [1.54, 1.807) is 0 Å². The van der Waals surface area contributed by atoms with Crippen molar-refractivity contribution in [1.29, 1.82) is 0 Å². The van der Waals surface area contributed by atoms with Crippen molar-refractivity contribution in [2.75, 3.05) is 26.3 Å². The van der Waals surface area contributed by atoms with Gasteiger partial charge in [0.15, 0.2) is 0 Å². The zero-order valence-electron chi connectivity index (χ0n) is 6.88. The Morgan fingerprint density at radius 3 is 2.82 bits per heavy atom. The van der Waals surface area contributed by atoms with Crippen LogP contribution in [-0.2, 0) is 4.74 Å². The van der Waals surface area contributed by atoms with E-state index in [2.05, 4.69) is 11.5 Å². The smallest absolute Gasteiger partial charge is 0.0645 e. The predicted molar refractivity (Wildman–Crippen MR) is 44.6 cm³/mol. The van der Waals surface area contributed by atoms with E-state index in [4.69, 9.17) is 4.74 Å². The maximum atomic E-state index is 5.15. The molecule has 0 radical (unpaired) electrons. The van der Waals surface area contributed by atoms with Gasteiger partial charge in [-0.15, -0.1) is 0 Å². The molecule has 2 heteroatoms. The number of rotatable bonds is 1. The van der Waals surface area contributed by atoms with Crippen LogP contribution in [-0.4, -0.2) is 37.2 Å². The Morgan fingerprint density at radius 2 is 2.27 bits per heavy atom. The second-order valence-electron chi connectivity index (χ2n) is 3.52. The molecule has 0 spiro atoms. The monoisotopic (exact) mass is 153 g/mol. The van der Waals surface area contributed by atoms with Crippen molar-refractivity contribution < 1.29 is 4.74 Å². The van der Waals surface area contributed by atoms with Gasteiger partial charge in [-0.3, -0.25) is 4.90 Å². The Balaban J connectivity index is 1.87. The molecule has 62 valence electrons. The summed E-state index contributed by atoms with van der Waals surface area (Å²) in [5, 5.41) is 0. The van der Waals surface area contributed by atoms with Crippen LogP contribution in [0.2, 0.25) is 0 Å². The fourth-order valence-electron chi connectivity index (χ4n) is 1.72. The van der Waals surface area contributed by atoms with Crippen molar-refractivity contribution in [2.24, 2.45) is 0 Å². The third kappa shape index (κ3) is 1.47. The lowest BCUT2D eigenvalue weighted by Crippen LogP contribution is -2.51. The molecule has 0 saturated carbocycles. The molecule has 2 rings (SSSR count). The minimum absolute atomic E-state index is 0.701. The largest absolute Gasteiger partial charge is 0.378 e. The molecule has 0 aromatic carbocycles. The van der Waals surface area contributed by atoms with Gasteiger partial charge in [0.05, 0.1) is 19.3 Å². The summed E-state index contributed by atoms with van der Waals surface area (Å²) in [5.74, 6) is 0. The molecule has 0 unspecified atom stereocenters. The van der Waals surface area contributed by atoms with Crippen LogP contribution in [0.15, 0.2) is 12.2 Å².